The predicted molar refractivity (Wildman–Crippen MR) is 74.8 cm³/mol. The molecule has 1 aliphatic rings. The molecule has 4 heteroatoms. The van der Waals surface area contributed by atoms with Crippen LogP contribution in [0.2, 0.25) is 0 Å². The van der Waals surface area contributed by atoms with Crippen LogP contribution in [-0.2, 0) is 19.9 Å². The Kier molecular flexibility index (Phi) is 3.34. The topological polar surface area (TPSA) is 42.7 Å². The molecule has 2 unspecified atom stereocenters. The molecule has 0 fully saturated rings. The second-order valence-electron chi connectivity index (χ2n) is 5.35. The van der Waals surface area contributed by atoms with Gasteiger partial charge in [0.2, 0.25) is 0 Å². The van der Waals surface area contributed by atoms with Gasteiger partial charge in [-0.1, -0.05) is 29.5 Å². The molecule has 1 aromatic heterocycles. The lowest BCUT2D eigenvalue weighted by Gasteiger charge is -2.33. The maximum Gasteiger partial charge on any atom is 0.0830 e. The molecule has 3 rings (SSSR count). The number of hydrogen-bond donors (Lipinski definition) is 1. The number of fused-ring (bicyclic) bond motifs is 1. The summed E-state index contributed by atoms with van der Waals surface area (Å²) < 4.78 is 1.78. The van der Waals surface area contributed by atoms with Gasteiger partial charge in [0, 0.05) is 19.3 Å². The third kappa shape index (κ3) is 2.40. The molecule has 1 aliphatic carbocycles. The molecule has 2 atom stereocenters. The fraction of sp³-hybridized carbons (Fsp3) is 0.467. The summed E-state index contributed by atoms with van der Waals surface area (Å²) in [7, 11) is 3.97. The fourth-order valence-electron chi connectivity index (χ4n) is 3.20. The Balaban J connectivity index is 1.84. The van der Waals surface area contributed by atoms with Gasteiger partial charge in [0.1, 0.15) is 0 Å². The Morgan fingerprint density at radius 2 is 2.21 bits per heavy atom. The summed E-state index contributed by atoms with van der Waals surface area (Å²) in [4.78, 5) is 0. The molecule has 100 valence electrons. The highest BCUT2D eigenvalue weighted by atomic mass is 15.4. The molecule has 19 heavy (non-hydrogen) atoms. The SMILES string of the molecule is CNC1c2ccccc2CCC1Cc1cn(C)nn1. The maximum atomic E-state index is 4.22. The summed E-state index contributed by atoms with van der Waals surface area (Å²) in [6, 6.07) is 9.19. The number of benzene rings is 1. The lowest BCUT2D eigenvalue weighted by atomic mass is 9.78. The van der Waals surface area contributed by atoms with Crippen LogP contribution >= 0.6 is 0 Å². The van der Waals surface area contributed by atoms with E-state index in [0.29, 0.717) is 12.0 Å². The Morgan fingerprint density at radius 3 is 2.95 bits per heavy atom. The summed E-state index contributed by atoms with van der Waals surface area (Å²) in [5.74, 6) is 0.594. The van der Waals surface area contributed by atoms with Crippen molar-refractivity contribution in [3.05, 3.63) is 47.3 Å². The van der Waals surface area contributed by atoms with E-state index in [0.717, 1.165) is 12.1 Å². The summed E-state index contributed by atoms with van der Waals surface area (Å²) >= 11 is 0. The number of nitrogens with one attached hydrogen (secondary N) is 1. The van der Waals surface area contributed by atoms with Crippen molar-refractivity contribution in [3.63, 3.8) is 0 Å². The minimum Gasteiger partial charge on any atom is -0.313 e. The van der Waals surface area contributed by atoms with E-state index in [1.54, 1.807) is 4.68 Å². The molecule has 2 aromatic rings. The monoisotopic (exact) mass is 256 g/mol. The number of aryl methyl sites for hydroxylation is 2. The molecule has 1 heterocycles. The summed E-state index contributed by atoms with van der Waals surface area (Å²) in [5, 5.41) is 11.7. The molecule has 0 amide bonds. The maximum absolute atomic E-state index is 4.22. The van der Waals surface area contributed by atoms with Gasteiger partial charge in [-0.15, -0.1) is 5.10 Å². The van der Waals surface area contributed by atoms with Crippen LogP contribution in [0.4, 0.5) is 0 Å². The van der Waals surface area contributed by atoms with Crippen molar-refractivity contribution in [2.24, 2.45) is 13.0 Å². The zero-order chi connectivity index (χ0) is 13.2. The van der Waals surface area contributed by atoms with E-state index in [1.165, 1.54) is 24.0 Å². The van der Waals surface area contributed by atoms with Gasteiger partial charge in [-0.3, -0.25) is 4.68 Å². The highest BCUT2D eigenvalue weighted by Gasteiger charge is 2.28. The van der Waals surface area contributed by atoms with Crippen LogP contribution in [0.1, 0.15) is 29.3 Å². The number of hydrogen-bond acceptors (Lipinski definition) is 3. The molecule has 0 radical (unpaired) electrons. The van der Waals surface area contributed by atoms with Crippen LogP contribution in [0.5, 0.6) is 0 Å². The van der Waals surface area contributed by atoms with Crippen molar-refractivity contribution < 1.29 is 0 Å². The van der Waals surface area contributed by atoms with Crippen LogP contribution in [0.25, 0.3) is 0 Å². The van der Waals surface area contributed by atoms with E-state index >= 15 is 0 Å². The average molecular weight is 256 g/mol. The van der Waals surface area contributed by atoms with Crippen LogP contribution in [0.15, 0.2) is 30.5 Å². The molecule has 0 saturated carbocycles. The number of rotatable bonds is 3. The quantitative estimate of drug-likeness (QED) is 0.912. The molecule has 1 aromatic carbocycles. The van der Waals surface area contributed by atoms with Crippen molar-refractivity contribution in [3.8, 4) is 0 Å². The first-order valence-electron chi connectivity index (χ1n) is 6.88. The summed E-state index contributed by atoms with van der Waals surface area (Å²) in [5.41, 5.74) is 4.02. The van der Waals surface area contributed by atoms with E-state index in [2.05, 4.69) is 46.9 Å². The number of aromatic nitrogens is 3. The first-order valence-corrected chi connectivity index (χ1v) is 6.88. The Labute approximate surface area is 113 Å². The van der Waals surface area contributed by atoms with E-state index < -0.39 is 0 Å². The largest absolute Gasteiger partial charge is 0.313 e. The Hall–Kier alpha value is -1.68. The molecule has 0 saturated heterocycles. The third-order valence-electron chi connectivity index (χ3n) is 4.08. The molecule has 1 N–H and O–H groups in total. The van der Waals surface area contributed by atoms with Crippen LogP contribution < -0.4 is 5.32 Å². The molecule has 4 nitrogen and oxygen atoms in total. The number of nitrogens with zero attached hydrogens (tertiary/aromatic N) is 3. The standard InChI is InChI=1S/C15H20N4/c1-16-15-12(9-13-10-19(2)18-17-13)8-7-11-5-3-4-6-14(11)15/h3-6,10,12,15-16H,7-9H2,1-2H3. The van der Waals surface area contributed by atoms with Gasteiger partial charge >= 0.3 is 0 Å². The Morgan fingerprint density at radius 1 is 1.37 bits per heavy atom. The van der Waals surface area contributed by atoms with Crippen molar-refractivity contribution in [2.45, 2.75) is 25.3 Å². The Bertz CT molecular complexity index is 561. The van der Waals surface area contributed by atoms with Crippen LogP contribution in [0, 0.1) is 5.92 Å². The smallest absolute Gasteiger partial charge is 0.0830 e. The third-order valence-corrected chi connectivity index (χ3v) is 4.08. The highest BCUT2D eigenvalue weighted by Crippen LogP contribution is 2.35. The molecular weight excluding hydrogens is 236 g/mol. The summed E-state index contributed by atoms with van der Waals surface area (Å²) in [6.07, 6.45) is 5.39. The van der Waals surface area contributed by atoms with Gasteiger partial charge in [-0.2, -0.15) is 0 Å². The van der Waals surface area contributed by atoms with Gasteiger partial charge < -0.3 is 5.32 Å². The van der Waals surface area contributed by atoms with Crippen molar-refractivity contribution in [1.29, 1.82) is 0 Å². The van der Waals surface area contributed by atoms with Crippen molar-refractivity contribution >= 4 is 0 Å². The van der Waals surface area contributed by atoms with E-state index in [1.807, 2.05) is 13.2 Å². The minimum absolute atomic E-state index is 0.423. The second-order valence-corrected chi connectivity index (χ2v) is 5.35. The van der Waals surface area contributed by atoms with Crippen LogP contribution in [0.3, 0.4) is 0 Å². The van der Waals surface area contributed by atoms with Gasteiger partial charge in [0.05, 0.1) is 5.69 Å². The van der Waals surface area contributed by atoms with Gasteiger partial charge in [0.25, 0.3) is 0 Å². The molecular formula is C15H20N4. The first kappa shape index (κ1) is 12.4. The first-order chi connectivity index (χ1) is 9.28. The average Bonchev–Trinajstić information content (AvgIpc) is 2.84. The fourth-order valence-corrected chi connectivity index (χ4v) is 3.20. The highest BCUT2D eigenvalue weighted by molar-refractivity contribution is 5.33. The lowest BCUT2D eigenvalue weighted by Crippen LogP contribution is -2.31. The molecule has 0 aliphatic heterocycles. The summed E-state index contributed by atoms with van der Waals surface area (Å²) in [6.45, 7) is 0. The van der Waals surface area contributed by atoms with E-state index in [4.69, 9.17) is 0 Å². The van der Waals surface area contributed by atoms with E-state index in [9.17, 15) is 0 Å². The predicted octanol–water partition coefficient (Wildman–Crippen LogP) is 1.88. The lowest BCUT2D eigenvalue weighted by molar-refractivity contribution is 0.332. The molecule has 0 bridgehead atoms. The molecule has 0 spiro atoms. The second kappa shape index (κ2) is 5.13. The zero-order valence-electron chi connectivity index (χ0n) is 11.5. The van der Waals surface area contributed by atoms with Crippen LogP contribution in [-0.4, -0.2) is 22.0 Å². The minimum atomic E-state index is 0.423. The van der Waals surface area contributed by atoms with Gasteiger partial charge in [-0.25, -0.2) is 0 Å². The van der Waals surface area contributed by atoms with Gasteiger partial charge in [-0.05, 0) is 43.4 Å². The van der Waals surface area contributed by atoms with Gasteiger partial charge in [0.15, 0.2) is 0 Å². The van der Waals surface area contributed by atoms with Crippen molar-refractivity contribution in [1.82, 2.24) is 20.3 Å². The zero-order valence-corrected chi connectivity index (χ0v) is 11.5. The normalized spacial score (nSPS) is 22.2. The van der Waals surface area contributed by atoms with E-state index in [-0.39, 0.29) is 0 Å². The van der Waals surface area contributed by atoms with Crippen molar-refractivity contribution in [2.75, 3.05) is 7.05 Å².